The standard InChI is InChI=1S/C17H22N4O3/c22-10-14-2-1-5-20(14)17(23)12-8-15-16(18-9-12)21(11-19-15)13-3-6-24-7-4-13/h8-9,11,13-14,22H,1-7,10H2/t14-/m0/s1. The fourth-order valence-corrected chi connectivity index (χ4v) is 3.73. The van der Waals surface area contributed by atoms with E-state index in [1.807, 2.05) is 12.4 Å². The van der Waals surface area contributed by atoms with Crippen molar-refractivity contribution < 1.29 is 14.6 Å². The minimum atomic E-state index is -0.0759. The first-order valence-corrected chi connectivity index (χ1v) is 8.60. The molecule has 7 nitrogen and oxygen atoms in total. The number of likely N-dealkylation sites (tertiary alicyclic amines) is 1. The van der Waals surface area contributed by atoms with Gasteiger partial charge < -0.3 is 19.3 Å². The molecule has 0 spiro atoms. The maximum Gasteiger partial charge on any atom is 0.255 e. The summed E-state index contributed by atoms with van der Waals surface area (Å²) >= 11 is 0. The average molecular weight is 330 g/mol. The van der Waals surface area contributed by atoms with Gasteiger partial charge in [0.15, 0.2) is 5.65 Å². The van der Waals surface area contributed by atoms with Gasteiger partial charge in [0.1, 0.15) is 5.52 Å². The van der Waals surface area contributed by atoms with Crippen LogP contribution in [0.1, 0.15) is 42.1 Å². The smallest absolute Gasteiger partial charge is 0.255 e. The fourth-order valence-electron chi connectivity index (χ4n) is 3.73. The van der Waals surface area contributed by atoms with Gasteiger partial charge in [-0.05, 0) is 31.7 Å². The molecule has 0 radical (unpaired) electrons. The number of hydrogen-bond donors (Lipinski definition) is 1. The molecular weight excluding hydrogens is 308 g/mol. The van der Waals surface area contributed by atoms with Crippen LogP contribution in [0.3, 0.4) is 0 Å². The topological polar surface area (TPSA) is 80.5 Å². The van der Waals surface area contributed by atoms with Gasteiger partial charge in [0.2, 0.25) is 0 Å². The Morgan fingerprint density at radius 3 is 2.92 bits per heavy atom. The molecule has 2 aromatic rings. The highest BCUT2D eigenvalue weighted by Gasteiger charge is 2.29. The van der Waals surface area contributed by atoms with E-state index in [-0.39, 0.29) is 18.6 Å². The Kier molecular flexibility index (Phi) is 4.20. The van der Waals surface area contributed by atoms with Crippen LogP contribution in [-0.2, 0) is 4.74 Å². The van der Waals surface area contributed by atoms with Gasteiger partial charge in [-0.25, -0.2) is 9.97 Å². The first kappa shape index (κ1) is 15.5. The van der Waals surface area contributed by atoms with Gasteiger partial charge in [0, 0.05) is 32.0 Å². The maximum atomic E-state index is 12.7. The lowest BCUT2D eigenvalue weighted by Crippen LogP contribution is -2.37. The molecule has 2 fully saturated rings. The Morgan fingerprint density at radius 2 is 2.12 bits per heavy atom. The monoisotopic (exact) mass is 330 g/mol. The van der Waals surface area contributed by atoms with Crippen LogP contribution in [-0.4, -0.2) is 62.9 Å². The predicted molar refractivity (Wildman–Crippen MR) is 87.8 cm³/mol. The average Bonchev–Trinajstić information content (AvgIpc) is 3.27. The molecule has 24 heavy (non-hydrogen) atoms. The molecule has 2 aliphatic rings. The largest absolute Gasteiger partial charge is 0.394 e. The second-order valence-electron chi connectivity index (χ2n) is 6.54. The number of rotatable bonds is 3. The first-order chi connectivity index (χ1) is 11.8. The van der Waals surface area contributed by atoms with E-state index < -0.39 is 0 Å². The lowest BCUT2D eigenvalue weighted by Gasteiger charge is -2.24. The van der Waals surface area contributed by atoms with Crippen LogP contribution in [0.25, 0.3) is 11.2 Å². The van der Waals surface area contributed by atoms with Crippen LogP contribution >= 0.6 is 0 Å². The molecule has 2 aliphatic heterocycles. The molecule has 1 N–H and O–H groups in total. The molecular formula is C17H22N4O3. The Labute approximate surface area is 140 Å². The molecule has 0 aliphatic carbocycles. The van der Waals surface area contributed by atoms with Crippen molar-refractivity contribution in [1.29, 1.82) is 0 Å². The highest BCUT2D eigenvalue weighted by Crippen LogP contribution is 2.26. The van der Waals surface area contributed by atoms with Crippen molar-refractivity contribution >= 4 is 17.1 Å². The number of fused-ring (bicyclic) bond motifs is 1. The van der Waals surface area contributed by atoms with Crippen molar-refractivity contribution in [2.75, 3.05) is 26.4 Å². The van der Waals surface area contributed by atoms with E-state index >= 15 is 0 Å². The molecule has 0 aromatic carbocycles. The Balaban J connectivity index is 1.61. The predicted octanol–water partition coefficient (Wildman–Crippen LogP) is 1.38. The van der Waals surface area contributed by atoms with Gasteiger partial charge in [-0.15, -0.1) is 0 Å². The number of carbonyl (C=O) groups is 1. The summed E-state index contributed by atoms with van der Waals surface area (Å²) in [4.78, 5) is 23.4. The molecule has 4 rings (SSSR count). The van der Waals surface area contributed by atoms with Gasteiger partial charge in [0.25, 0.3) is 5.91 Å². The van der Waals surface area contributed by atoms with Gasteiger partial charge in [-0.1, -0.05) is 0 Å². The van der Waals surface area contributed by atoms with E-state index in [0.29, 0.717) is 18.2 Å². The summed E-state index contributed by atoms with van der Waals surface area (Å²) in [5, 5.41) is 9.42. The molecule has 128 valence electrons. The number of nitrogens with zero attached hydrogens (tertiary/aromatic N) is 4. The Hall–Kier alpha value is -1.99. The van der Waals surface area contributed by atoms with Gasteiger partial charge in [-0.2, -0.15) is 0 Å². The number of aliphatic hydroxyl groups is 1. The third-order valence-electron chi connectivity index (χ3n) is 5.09. The molecule has 2 aromatic heterocycles. The van der Waals surface area contributed by atoms with Crippen molar-refractivity contribution in [2.45, 2.75) is 37.8 Å². The van der Waals surface area contributed by atoms with Crippen LogP contribution in [0.5, 0.6) is 0 Å². The quantitative estimate of drug-likeness (QED) is 0.919. The number of imidazole rings is 1. The number of hydrogen-bond acceptors (Lipinski definition) is 5. The zero-order valence-electron chi connectivity index (χ0n) is 13.6. The molecule has 4 heterocycles. The Bertz CT molecular complexity index is 739. The zero-order chi connectivity index (χ0) is 16.5. The summed E-state index contributed by atoms with van der Waals surface area (Å²) in [5.41, 5.74) is 2.10. The highest BCUT2D eigenvalue weighted by atomic mass is 16.5. The zero-order valence-corrected chi connectivity index (χ0v) is 13.6. The third-order valence-corrected chi connectivity index (χ3v) is 5.09. The van der Waals surface area contributed by atoms with Crippen molar-refractivity contribution in [3.63, 3.8) is 0 Å². The second-order valence-corrected chi connectivity index (χ2v) is 6.54. The summed E-state index contributed by atoms with van der Waals surface area (Å²) in [6.07, 6.45) is 7.16. The molecule has 0 bridgehead atoms. The summed E-state index contributed by atoms with van der Waals surface area (Å²) in [6.45, 7) is 2.23. The van der Waals surface area contributed by atoms with E-state index in [2.05, 4.69) is 14.5 Å². The van der Waals surface area contributed by atoms with Gasteiger partial charge >= 0.3 is 0 Å². The van der Waals surface area contributed by atoms with E-state index in [1.165, 1.54) is 0 Å². The van der Waals surface area contributed by atoms with Crippen LogP contribution in [0, 0.1) is 0 Å². The molecule has 1 atom stereocenters. The third kappa shape index (κ3) is 2.67. The number of ether oxygens (including phenoxy) is 1. The van der Waals surface area contributed by atoms with Crippen molar-refractivity contribution in [3.8, 4) is 0 Å². The SMILES string of the molecule is O=C(c1cnc2c(c1)ncn2C1CCOCC1)N1CCC[C@H]1CO. The van der Waals surface area contributed by atoms with E-state index in [1.54, 1.807) is 11.1 Å². The lowest BCUT2D eigenvalue weighted by molar-refractivity contribution is 0.0677. The van der Waals surface area contributed by atoms with Crippen LogP contribution in [0.4, 0.5) is 0 Å². The van der Waals surface area contributed by atoms with E-state index in [9.17, 15) is 9.90 Å². The summed E-state index contributed by atoms with van der Waals surface area (Å²) in [5.74, 6) is -0.0680. The fraction of sp³-hybridized carbons (Fsp3) is 0.588. The number of carbonyl (C=O) groups excluding carboxylic acids is 1. The molecule has 0 saturated carbocycles. The second kappa shape index (κ2) is 6.49. The maximum absolute atomic E-state index is 12.7. The summed E-state index contributed by atoms with van der Waals surface area (Å²) in [6, 6.07) is 2.09. The Morgan fingerprint density at radius 1 is 1.29 bits per heavy atom. The molecule has 1 amide bonds. The lowest BCUT2D eigenvalue weighted by atomic mass is 10.1. The minimum absolute atomic E-state index is 0.0137. The number of aliphatic hydroxyl groups excluding tert-OH is 1. The van der Waals surface area contributed by atoms with Gasteiger partial charge in [0.05, 0.1) is 24.5 Å². The van der Waals surface area contributed by atoms with Gasteiger partial charge in [-0.3, -0.25) is 4.79 Å². The number of amides is 1. The molecule has 2 saturated heterocycles. The summed E-state index contributed by atoms with van der Waals surface area (Å²) in [7, 11) is 0. The minimum Gasteiger partial charge on any atom is -0.394 e. The van der Waals surface area contributed by atoms with Crippen molar-refractivity contribution in [1.82, 2.24) is 19.4 Å². The normalized spacial score (nSPS) is 22.4. The van der Waals surface area contributed by atoms with Crippen molar-refractivity contribution in [3.05, 3.63) is 24.2 Å². The van der Waals surface area contributed by atoms with Crippen molar-refractivity contribution in [2.24, 2.45) is 0 Å². The first-order valence-electron chi connectivity index (χ1n) is 8.60. The number of pyridine rings is 1. The van der Waals surface area contributed by atoms with Crippen LogP contribution in [0.15, 0.2) is 18.6 Å². The van der Waals surface area contributed by atoms with Crippen LogP contribution in [0.2, 0.25) is 0 Å². The highest BCUT2D eigenvalue weighted by molar-refractivity contribution is 5.96. The number of aromatic nitrogens is 3. The van der Waals surface area contributed by atoms with E-state index in [0.717, 1.165) is 50.1 Å². The molecule has 7 heteroatoms. The van der Waals surface area contributed by atoms with E-state index in [4.69, 9.17) is 4.74 Å². The summed E-state index contributed by atoms with van der Waals surface area (Å²) < 4.78 is 7.51. The molecule has 0 unspecified atom stereocenters. The van der Waals surface area contributed by atoms with Crippen LogP contribution < -0.4 is 0 Å².